The molecule has 3 aromatic rings. The molecule has 0 aliphatic carbocycles. The van der Waals surface area contributed by atoms with Crippen molar-refractivity contribution in [3.63, 3.8) is 0 Å². The number of aliphatic hydroxyl groups excluding tert-OH is 1. The van der Waals surface area contributed by atoms with E-state index in [9.17, 15) is 28.2 Å². The number of aliphatic carboxylic acids is 1. The van der Waals surface area contributed by atoms with Crippen LogP contribution in [0.5, 0.6) is 5.75 Å². The van der Waals surface area contributed by atoms with Crippen LogP contribution in [0.1, 0.15) is 42.9 Å². The second-order valence-corrected chi connectivity index (χ2v) is 9.56. The van der Waals surface area contributed by atoms with Crippen molar-refractivity contribution in [2.75, 3.05) is 26.7 Å². The van der Waals surface area contributed by atoms with Crippen LogP contribution < -0.4 is 4.74 Å². The highest BCUT2D eigenvalue weighted by Gasteiger charge is 2.31. The number of pyridine rings is 1. The smallest absolute Gasteiger partial charge is 0.303 e. The summed E-state index contributed by atoms with van der Waals surface area (Å²) < 4.78 is 47.2. The van der Waals surface area contributed by atoms with E-state index in [1.165, 1.54) is 7.11 Å². The van der Waals surface area contributed by atoms with Gasteiger partial charge in [-0.05, 0) is 74.0 Å². The minimum Gasteiger partial charge on any atom is -0.497 e. The molecular weight excluding hydrogens is 497 g/mol. The Labute approximate surface area is 219 Å². The second kappa shape index (κ2) is 12.3. The molecule has 200 valence electrons. The second-order valence-electron chi connectivity index (χ2n) is 9.56. The van der Waals surface area contributed by atoms with Gasteiger partial charge in [0.25, 0.3) is 0 Å². The van der Waals surface area contributed by atoms with E-state index in [4.69, 9.17) is 4.74 Å². The van der Waals surface area contributed by atoms with E-state index in [1.54, 1.807) is 18.2 Å². The monoisotopic (exact) mass is 526 g/mol. The molecule has 1 aromatic heterocycles. The molecule has 0 amide bonds. The van der Waals surface area contributed by atoms with E-state index < -0.39 is 29.5 Å². The first-order valence-electron chi connectivity index (χ1n) is 12.4. The number of halogens is 3. The fourth-order valence-electron chi connectivity index (χ4n) is 5.12. The van der Waals surface area contributed by atoms with Gasteiger partial charge in [0.15, 0.2) is 0 Å². The lowest BCUT2D eigenvalue weighted by molar-refractivity contribution is -0.139. The van der Waals surface area contributed by atoms with Gasteiger partial charge in [0, 0.05) is 23.9 Å². The largest absolute Gasteiger partial charge is 0.497 e. The number of hydrogen-bond donors (Lipinski definition) is 2. The molecule has 2 unspecified atom stereocenters. The van der Waals surface area contributed by atoms with Gasteiger partial charge in [-0.25, -0.2) is 13.2 Å². The fraction of sp³-hybridized carbons (Fsp3) is 0.379. The number of carboxylic acids is 1. The number of hydrogen-bond acceptors (Lipinski definition) is 5. The molecule has 4 rings (SSSR count). The van der Waals surface area contributed by atoms with Gasteiger partial charge in [-0.15, -0.1) is 0 Å². The van der Waals surface area contributed by atoms with Crippen molar-refractivity contribution in [3.05, 3.63) is 71.2 Å². The fourth-order valence-corrected chi connectivity index (χ4v) is 5.12. The summed E-state index contributed by atoms with van der Waals surface area (Å²) in [7, 11) is 1.50. The topological polar surface area (TPSA) is 82.9 Å². The molecule has 3 atom stereocenters. The van der Waals surface area contributed by atoms with E-state index in [0.29, 0.717) is 42.6 Å². The molecule has 1 aliphatic rings. The van der Waals surface area contributed by atoms with Gasteiger partial charge in [-0.2, -0.15) is 0 Å². The third-order valence-electron chi connectivity index (χ3n) is 7.08. The van der Waals surface area contributed by atoms with Crippen molar-refractivity contribution in [3.8, 4) is 17.6 Å². The van der Waals surface area contributed by atoms with Crippen molar-refractivity contribution in [1.29, 1.82) is 0 Å². The summed E-state index contributed by atoms with van der Waals surface area (Å²) in [4.78, 5) is 17.6. The number of nitrogens with zero attached hydrogens (tertiary/aromatic N) is 2. The molecule has 38 heavy (non-hydrogen) atoms. The lowest BCUT2D eigenvalue weighted by atomic mass is 9.79. The minimum atomic E-state index is -1.09. The molecule has 2 aromatic carbocycles. The lowest BCUT2D eigenvalue weighted by Gasteiger charge is -2.37. The number of likely N-dealkylation sites (tertiary alicyclic amines) is 1. The summed E-state index contributed by atoms with van der Waals surface area (Å²) in [5, 5.41) is 20.9. The predicted octanol–water partition coefficient (Wildman–Crippen LogP) is 4.94. The number of benzene rings is 2. The highest BCUT2D eigenvalue weighted by atomic mass is 19.1. The molecule has 1 aliphatic heterocycles. The predicted molar refractivity (Wildman–Crippen MR) is 136 cm³/mol. The standard InChI is InChI=1S/C29H29F3N2O4/c1-38-22-6-8-26-23(15-22)29(25(32)16-33-26)27(35)9-4-18-10-12-34(17-20(18)14-28(36)37)11-2-3-19-13-21(30)5-7-24(19)31/h5-8,13,15-16,18,20,27,35H,4,9-12,14,17H2,1H3,(H,36,37)/t18?,20?,27-/m1/s1. The normalized spacial score (nSPS) is 18.6. The summed E-state index contributed by atoms with van der Waals surface area (Å²) in [6, 6.07) is 8.16. The van der Waals surface area contributed by atoms with Crippen molar-refractivity contribution < 1.29 is 32.9 Å². The van der Waals surface area contributed by atoms with E-state index in [1.807, 2.05) is 4.90 Å². The summed E-state index contributed by atoms with van der Waals surface area (Å²) in [6.45, 7) is 1.40. The van der Waals surface area contributed by atoms with Crippen molar-refractivity contribution >= 4 is 16.9 Å². The highest BCUT2D eigenvalue weighted by molar-refractivity contribution is 5.84. The maximum atomic E-state index is 14.8. The number of carbonyl (C=O) groups is 1. The summed E-state index contributed by atoms with van der Waals surface area (Å²) in [5.41, 5.74) is 0.669. The maximum absolute atomic E-state index is 14.8. The molecule has 0 bridgehead atoms. The van der Waals surface area contributed by atoms with Crippen LogP contribution in [-0.2, 0) is 4.79 Å². The number of piperidine rings is 1. The van der Waals surface area contributed by atoms with Gasteiger partial charge >= 0.3 is 5.97 Å². The van der Waals surface area contributed by atoms with Gasteiger partial charge in [0.05, 0.1) is 37.0 Å². The Balaban J connectivity index is 1.42. The Morgan fingerprint density at radius 1 is 1.18 bits per heavy atom. The van der Waals surface area contributed by atoms with Crippen LogP contribution in [0.2, 0.25) is 0 Å². The first-order valence-corrected chi connectivity index (χ1v) is 12.4. The number of carboxylic acid groups (broad SMARTS) is 1. The van der Waals surface area contributed by atoms with E-state index in [0.717, 1.165) is 24.4 Å². The van der Waals surface area contributed by atoms with Gasteiger partial charge in [0.1, 0.15) is 23.2 Å². The molecule has 9 heteroatoms. The SMILES string of the molecule is COc1ccc2ncc(F)c([C@H](O)CCC3CCN(CC#Cc4cc(F)ccc4F)CC3CC(=O)O)c2c1. The summed E-state index contributed by atoms with van der Waals surface area (Å²) in [5.74, 6) is 3.14. The van der Waals surface area contributed by atoms with Crippen molar-refractivity contribution in [2.45, 2.75) is 31.8 Å². The van der Waals surface area contributed by atoms with Gasteiger partial charge in [0.2, 0.25) is 0 Å². The molecule has 1 fully saturated rings. The summed E-state index contributed by atoms with van der Waals surface area (Å²) in [6.07, 6.45) is 1.40. The Morgan fingerprint density at radius 2 is 2.00 bits per heavy atom. The molecule has 2 heterocycles. The number of ether oxygens (including phenoxy) is 1. The quantitative estimate of drug-likeness (QED) is 0.405. The van der Waals surface area contributed by atoms with Gasteiger partial charge in [-0.3, -0.25) is 14.7 Å². The molecule has 0 saturated carbocycles. The third kappa shape index (κ3) is 6.63. The Kier molecular flexibility index (Phi) is 8.87. The first-order chi connectivity index (χ1) is 18.2. The molecule has 0 spiro atoms. The molecule has 6 nitrogen and oxygen atoms in total. The van der Waals surface area contributed by atoms with Crippen LogP contribution in [0.4, 0.5) is 13.2 Å². The van der Waals surface area contributed by atoms with Gasteiger partial charge < -0.3 is 14.9 Å². The number of aliphatic hydroxyl groups is 1. The zero-order chi connectivity index (χ0) is 27.2. The average molecular weight is 527 g/mol. The highest BCUT2D eigenvalue weighted by Crippen LogP contribution is 2.35. The van der Waals surface area contributed by atoms with E-state index in [2.05, 4.69) is 16.8 Å². The van der Waals surface area contributed by atoms with E-state index >= 15 is 0 Å². The molecule has 0 radical (unpaired) electrons. The van der Waals surface area contributed by atoms with Gasteiger partial charge in [-0.1, -0.05) is 11.8 Å². The van der Waals surface area contributed by atoms with E-state index in [-0.39, 0.29) is 42.3 Å². The Hall–Kier alpha value is -3.61. The number of fused-ring (bicyclic) bond motifs is 1. The van der Waals surface area contributed by atoms with Crippen LogP contribution in [0.3, 0.4) is 0 Å². The van der Waals surface area contributed by atoms with Crippen LogP contribution in [-0.4, -0.2) is 52.8 Å². The number of aromatic nitrogens is 1. The maximum Gasteiger partial charge on any atom is 0.303 e. The lowest BCUT2D eigenvalue weighted by Crippen LogP contribution is -2.41. The molecular formula is C29H29F3N2O4. The van der Waals surface area contributed by atoms with Crippen LogP contribution in [0.25, 0.3) is 10.9 Å². The zero-order valence-electron chi connectivity index (χ0n) is 21.0. The zero-order valence-corrected chi connectivity index (χ0v) is 21.0. The third-order valence-corrected chi connectivity index (χ3v) is 7.08. The van der Waals surface area contributed by atoms with Crippen LogP contribution in [0.15, 0.2) is 42.6 Å². The van der Waals surface area contributed by atoms with Crippen LogP contribution in [0, 0.1) is 41.1 Å². The van der Waals surface area contributed by atoms with Crippen molar-refractivity contribution in [2.24, 2.45) is 11.8 Å². The number of rotatable bonds is 8. The average Bonchev–Trinajstić information content (AvgIpc) is 2.89. The Morgan fingerprint density at radius 3 is 2.76 bits per heavy atom. The Bertz CT molecular complexity index is 1370. The van der Waals surface area contributed by atoms with Crippen LogP contribution >= 0.6 is 0 Å². The number of methoxy groups -OCH3 is 1. The van der Waals surface area contributed by atoms with Crippen molar-refractivity contribution in [1.82, 2.24) is 9.88 Å². The first kappa shape index (κ1) is 27.4. The molecule has 2 N–H and O–H groups in total. The molecule has 1 saturated heterocycles. The minimum absolute atomic E-state index is 0.0105. The summed E-state index contributed by atoms with van der Waals surface area (Å²) >= 11 is 0.